The van der Waals surface area contributed by atoms with Crippen molar-refractivity contribution >= 4 is 33.4 Å². The summed E-state index contributed by atoms with van der Waals surface area (Å²) >= 11 is 3.45. The smallest absolute Gasteiger partial charge is 0.250 e. The van der Waals surface area contributed by atoms with Gasteiger partial charge in [-0.05, 0) is 37.5 Å². The molecule has 1 aromatic carbocycles. The van der Waals surface area contributed by atoms with Crippen LogP contribution >= 0.6 is 15.9 Å². The van der Waals surface area contributed by atoms with Gasteiger partial charge < -0.3 is 5.32 Å². The molecule has 114 valence electrons. The lowest BCUT2D eigenvalue weighted by molar-refractivity contribution is -0.134. The number of carbonyl (C=O) groups is 2. The third-order valence-electron chi connectivity index (χ3n) is 3.86. The molecular formula is C16H21BrN2O2. The van der Waals surface area contributed by atoms with Gasteiger partial charge in [-0.15, -0.1) is 0 Å². The zero-order valence-corrected chi connectivity index (χ0v) is 14.2. The van der Waals surface area contributed by atoms with Gasteiger partial charge in [0.15, 0.2) is 0 Å². The van der Waals surface area contributed by atoms with Crippen LogP contribution < -0.4 is 10.2 Å². The summed E-state index contributed by atoms with van der Waals surface area (Å²) in [4.78, 5) is 26.8. The van der Waals surface area contributed by atoms with Gasteiger partial charge in [-0.3, -0.25) is 14.5 Å². The molecule has 0 aliphatic carbocycles. The van der Waals surface area contributed by atoms with Crippen LogP contribution in [0.2, 0.25) is 0 Å². The number of nitrogens with zero attached hydrogens (tertiary/aromatic N) is 1. The first-order valence-electron chi connectivity index (χ1n) is 7.39. The molecule has 0 saturated carbocycles. The van der Waals surface area contributed by atoms with E-state index in [-0.39, 0.29) is 11.8 Å². The lowest BCUT2D eigenvalue weighted by atomic mass is 10.00. The zero-order valence-electron chi connectivity index (χ0n) is 12.6. The molecule has 4 nitrogen and oxygen atoms in total. The van der Waals surface area contributed by atoms with E-state index < -0.39 is 12.1 Å². The number of benzene rings is 1. The third kappa shape index (κ3) is 3.12. The van der Waals surface area contributed by atoms with Gasteiger partial charge in [0.1, 0.15) is 12.1 Å². The number of nitrogens with one attached hydrogen (secondary N) is 1. The second-order valence-corrected chi connectivity index (χ2v) is 6.33. The lowest BCUT2D eigenvalue weighted by Crippen LogP contribution is -2.63. The number of piperazine rings is 1. The first-order chi connectivity index (χ1) is 9.99. The summed E-state index contributed by atoms with van der Waals surface area (Å²) in [5, 5.41) is 2.86. The highest BCUT2D eigenvalue weighted by molar-refractivity contribution is 9.10. The summed E-state index contributed by atoms with van der Waals surface area (Å²) in [6, 6.07) is 4.97. The number of aryl methyl sites for hydroxylation is 1. The Bertz CT molecular complexity index is 559. The molecule has 2 atom stereocenters. The van der Waals surface area contributed by atoms with Crippen molar-refractivity contribution in [2.45, 2.75) is 52.1 Å². The Balaban J connectivity index is 2.46. The van der Waals surface area contributed by atoms with Gasteiger partial charge in [0.25, 0.3) is 0 Å². The van der Waals surface area contributed by atoms with Crippen LogP contribution in [0.15, 0.2) is 22.7 Å². The maximum atomic E-state index is 12.8. The molecule has 0 radical (unpaired) electrons. The van der Waals surface area contributed by atoms with Crippen molar-refractivity contribution in [2.75, 3.05) is 4.90 Å². The summed E-state index contributed by atoms with van der Waals surface area (Å²) in [7, 11) is 0. The number of carbonyl (C=O) groups excluding carboxylic acids is 2. The van der Waals surface area contributed by atoms with Crippen LogP contribution in [-0.2, 0) is 9.59 Å². The van der Waals surface area contributed by atoms with E-state index in [4.69, 9.17) is 0 Å². The summed E-state index contributed by atoms with van der Waals surface area (Å²) in [6.07, 6.45) is 2.13. The van der Waals surface area contributed by atoms with Crippen LogP contribution in [0.3, 0.4) is 0 Å². The maximum absolute atomic E-state index is 12.8. The first-order valence-corrected chi connectivity index (χ1v) is 8.18. The molecule has 1 aromatic rings. The van der Waals surface area contributed by atoms with E-state index in [0.717, 1.165) is 22.1 Å². The topological polar surface area (TPSA) is 49.4 Å². The normalized spacial score (nSPS) is 22.4. The lowest BCUT2D eigenvalue weighted by Gasteiger charge is -2.39. The number of halogens is 1. The van der Waals surface area contributed by atoms with Crippen molar-refractivity contribution in [3.63, 3.8) is 0 Å². The molecule has 1 aliphatic heterocycles. The summed E-state index contributed by atoms with van der Waals surface area (Å²) < 4.78 is 0.906. The summed E-state index contributed by atoms with van der Waals surface area (Å²) in [5.41, 5.74) is 1.81. The van der Waals surface area contributed by atoms with E-state index in [0.29, 0.717) is 12.8 Å². The standard InChI is InChI=1S/C16H21BrN2O2/c1-4-6-12-16(21)19(13(5-2)15(20)18-12)14-9-11(17)8-7-10(14)3/h7-9,12-13H,4-6H2,1-3H3,(H,18,20). The van der Waals surface area contributed by atoms with Crippen LogP contribution in [-0.4, -0.2) is 23.9 Å². The number of amides is 2. The zero-order chi connectivity index (χ0) is 15.6. The highest BCUT2D eigenvalue weighted by Crippen LogP contribution is 2.30. The highest BCUT2D eigenvalue weighted by atomic mass is 79.9. The minimum atomic E-state index is -0.432. The van der Waals surface area contributed by atoms with Gasteiger partial charge >= 0.3 is 0 Å². The summed E-state index contributed by atoms with van der Waals surface area (Å²) in [5.74, 6) is -0.0700. The van der Waals surface area contributed by atoms with Gasteiger partial charge in [-0.1, -0.05) is 42.3 Å². The monoisotopic (exact) mass is 352 g/mol. The van der Waals surface area contributed by atoms with Gasteiger partial charge in [0.05, 0.1) is 0 Å². The minimum Gasteiger partial charge on any atom is -0.342 e. The van der Waals surface area contributed by atoms with Crippen molar-refractivity contribution in [1.82, 2.24) is 5.32 Å². The maximum Gasteiger partial charge on any atom is 0.250 e. The quantitative estimate of drug-likeness (QED) is 0.904. The number of anilines is 1. The molecule has 2 unspecified atom stereocenters. The van der Waals surface area contributed by atoms with E-state index in [9.17, 15) is 9.59 Å². The molecule has 0 bridgehead atoms. The second-order valence-electron chi connectivity index (χ2n) is 5.41. The molecular weight excluding hydrogens is 332 g/mol. The van der Waals surface area contributed by atoms with Crippen molar-refractivity contribution in [3.05, 3.63) is 28.2 Å². The molecule has 2 amide bonds. The van der Waals surface area contributed by atoms with E-state index in [1.54, 1.807) is 4.90 Å². The molecule has 2 rings (SSSR count). The molecule has 1 saturated heterocycles. The predicted octanol–water partition coefficient (Wildman–Crippen LogP) is 3.17. The third-order valence-corrected chi connectivity index (χ3v) is 4.35. The Labute approximate surface area is 134 Å². The molecule has 0 spiro atoms. The number of rotatable bonds is 4. The van der Waals surface area contributed by atoms with Crippen LogP contribution in [0.25, 0.3) is 0 Å². The van der Waals surface area contributed by atoms with E-state index in [2.05, 4.69) is 21.2 Å². The van der Waals surface area contributed by atoms with Crippen molar-refractivity contribution in [2.24, 2.45) is 0 Å². The van der Waals surface area contributed by atoms with E-state index in [1.165, 1.54) is 0 Å². The van der Waals surface area contributed by atoms with Gasteiger partial charge in [-0.25, -0.2) is 0 Å². The van der Waals surface area contributed by atoms with Gasteiger partial charge in [-0.2, -0.15) is 0 Å². The molecule has 1 fully saturated rings. The van der Waals surface area contributed by atoms with Crippen LogP contribution in [0, 0.1) is 6.92 Å². The molecule has 1 aliphatic rings. The Hall–Kier alpha value is -1.36. The average molecular weight is 353 g/mol. The highest BCUT2D eigenvalue weighted by Gasteiger charge is 2.40. The molecule has 1 heterocycles. The molecule has 0 aromatic heterocycles. The fraction of sp³-hybridized carbons (Fsp3) is 0.500. The fourth-order valence-corrected chi connectivity index (χ4v) is 3.10. The molecule has 21 heavy (non-hydrogen) atoms. The Morgan fingerprint density at radius 1 is 1.29 bits per heavy atom. The fourth-order valence-electron chi connectivity index (χ4n) is 2.75. The van der Waals surface area contributed by atoms with Crippen molar-refractivity contribution in [3.8, 4) is 0 Å². The van der Waals surface area contributed by atoms with Crippen LogP contribution in [0.4, 0.5) is 5.69 Å². The number of hydrogen-bond acceptors (Lipinski definition) is 2. The summed E-state index contributed by atoms with van der Waals surface area (Å²) in [6.45, 7) is 5.90. The first kappa shape index (κ1) is 16.0. The molecule has 5 heteroatoms. The molecule has 1 N–H and O–H groups in total. The Morgan fingerprint density at radius 3 is 2.62 bits per heavy atom. The van der Waals surface area contributed by atoms with Gasteiger partial charge in [0.2, 0.25) is 11.8 Å². The average Bonchev–Trinajstić information content (AvgIpc) is 2.45. The minimum absolute atomic E-state index is 0.00972. The van der Waals surface area contributed by atoms with Crippen molar-refractivity contribution in [1.29, 1.82) is 0 Å². The van der Waals surface area contributed by atoms with Crippen LogP contribution in [0.1, 0.15) is 38.7 Å². The van der Waals surface area contributed by atoms with E-state index >= 15 is 0 Å². The van der Waals surface area contributed by atoms with Crippen molar-refractivity contribution < 1.29 is 9.59 Å². The Morgan fingerprint density at radius 2 is 2.00 bits per heavy atom. The largest absolute Gasteiger partial charge is 0.342 e. The Kier molecular flexibility index (Phi) is 5.04. The second kappa shape index (κ2) is 6.60. The van der Waals surface area contributed by atoms with Gasteiger partial charge in [0, 0.05) is 10.2 Å². The predicted molar refractivity (Wildman–Crippen MR) is 87.3 cm³/mol. The SMILES string of the molecule is CCCC1NC(=O)C(CC)N(c2cc(Br)ccc2C)C1=O. The van der Waals surface area contributed by atoms with E-state index in [1.807, 2.05) is 39.0 Å². The number of hydrogen-bond donors (Lipinski definition) is 1. The van der Waals surface area contributed by atoms with Crippen LogP contribution in [0.5, 0.6) is 0 Å².